The molecule has 104 valence electrons. The molecule has 0 saturated carbocycles. The first-order chi connectivity index (χ1) is 9.60. The van der Waals surface area contributed by atoms with Gasteiger partial charge >= 0.3 is 5.97 Å². The van der Waals surface area contributed by atoms with Crippen molar-refractivity contribution >= 4 is 11.8 Å². The molecular formula is C14H15N3O3. The van der Waals surface area contributed by atoms with Gasteiger partial charge in [-0.2, -0.15) is 0 Å². The van der Waals surface area contributed by atoms with Gasteiger partial charge in [0.15, 0.2) is 5.69 Å². The highest BCUT2D eigenvalue weighted by molar-refractivity contribution is 5.85. The average Bonchev–Trinajstić information content (AvgIpc) is 2.47. The van der Waals surface area contributed by atoms with E-state index in [9.17, 15) is 4.79 Å². The number of ether oxygens (including phenoxy) is 1. The highest BCUT2D eigenvalue weighted by atomic mass is 16.5. The Labute approximate surface area is 116 Å². The highest BCUT2D eigenvalue weighted by Crippen LogP contribution is 2.16. The summed E-state index contributed by atoms with van der Waals surface area (Å²) in [6.45, 7) is 0.578. The second-order valence-electron chi connectivity index (χ2n) is 4.28. The lowest BCUT2D eigenvalue weighted by atomic mass is 10.2. The second kappa shape index (κ2) is 6.01. The van der Waals surface area contributed by atoms with Crippen LogP contribution in [0.4, 0.5) is 5.82 Å². The topological polar surface area (TPSA) is 75.5 Å². The van der Waals surface area contributed by atoms with Crippen molar-refractivity contribution in [2.75, 3.05) is 19.1 Å². The lowest BCUT2D eigenvalue weighted by Gasteiger charge is -2.18. The van der Waals surface area contributed by atoms with Gasteiger partial charge in [0.05, 0.1) is 19.5 Å². The summed E-state index contributed by atoms with van der Waals surface area (Å²) in [6, 6.07) is 7.66. The minimum absolute atomic E-state index is 0.0695. The number of aromatic nitrogens is 2. The van der Waals surface area contributed by atoms with Crippen LogP contribution in [0.3, 0.4) is 0 Å². The minimum Gasteiger partial charge on any atom is -0.497 e. The molecule has 0 aliphatic carbocycles. The molecule has 0 saturated heterocycles. The van der Waals surface area contributed by atoms with Gasteiger partial charge in [-0.15, -0.1) is 0 Å². The molecule has 0 fully saturated rings. The Bertz CT molecular complexity index is 616. The standard InChI is InChI=1S/C14H15N3O3/c1-17(9-10-4-3-5-11(6-10)20-2)13-8-15-7-12(16-13)14(18)19/h3-8H,9H2,1-2H3,(H,18,19). The van der Waals surface area contributed by atoms with Crippen molar-refractivity contribution in [3.63, 3.8) is 0 Å². The number of hydrogen-bond donors (Lipinski definition) is 1. The Morgan fingerprint density at radius 2 is 2.20 bits per heavy atom. The van der Waals surface area contributed by atoms with Crippen molar-refractivity contribution in [1.82, 2.24) is 9.97 Å². The summed E-state index contributed by atoms with van der Waals surface area (Å²) in [7, 11) is 3.44. The normalized spacial score (nSPS) is 10.1. The fourth-order valence-corrected chi connectivity index (χ4v) is 1.77. The first kappa shape index (κ1) is 13.8. The number of carbonyl (C=O) groups is 1. The fraction of sp³-hybridized carbons (Fsp3) is 0.214. The van der Waals surface area contributed by atoms with Crippen molar-refractivity contribution < 1.29 is 14.6 Å². The molecule has 0 aliphatic rings. The number of benzene rings is 1. The zero-order valence-corrected chi connectivity index (χ0v) is 11.3. The molecule has 1 heterocycles. The summed E-state index contributed by atoms with van der Waals surface area (Å²) in [5.41, 5.74) is 0.967. The van der Waals surface area contributed by atoms with Crippen LogP contribution >= 0.6 is 0 Å². The molecule has 0 spiro atoms. The summed E-state index contributed by atoms with van der Waals surface area (Å²) < 4.78 is 5.17. The molecule has 0 atom stereocenters. The molecule has 2 rings (SSSR count). The van der Waals surface area contributed by atoms with Gasteiger partial charge in [0.2, 0.25) is 0 Å². The van der Waals surface area contributed by atoms with Gasteiger partial charge in [0, 0.05) is 13.6 Å². The third-order valence-corrected chi connectivity index (χ3v) is 2.79. The van der Waals surface area contributed by atoms with E-state index in [2.05, 4.69) is 9.97 Å². The van der Waals surface area contributed by atoms with Gasteiger partial charge < -0.3 is 14.7 Å². The van der Waals surface area contributed by atoms with Gasteiger partial charge in [-0.25, -0.2) is 9.78 Å². The zero-order valence-electron chi connectivity index (χ0n) is 11.3. The summed E-state index contributed by atoms with van der Waals surface area (Å²) in [5.74, 6) is 0.197. The fourth-order valence-electron chi connectivity index (χ4n) is 1.77. The largest absolute Gasteiger partial charge is 0.497 e. The van der Waals surface area contributed by atoms with E-state index in [0.29, 0.717) is 12.4 Å². The third-order valence-electron chi connectivity index (χ3n) is 2.79. The Morgan fingerprint density at radius 3 is 2.90 bits per heavy atom. The highest BCUT2D eigenvalue weighted by Gasteiger charge is 2.09. The van der Waals surface area contributed by atoms with Gasteiger partial charge in [0.1, 0.15) is 11.6 Å². The molecule has 0 aliphatic heterocycles. The minimum atomic E-state index is -1.09. The SMILES string of the molecule is COc1cccc(CN(C)c2cncc(C(=O)O)n2)c1. The van der Waals surface area contributed by atoms with E-state index < -0.39 is 5.97 Å². The molecule has 6 nitrogen and oxygen atoms in total. The Morgan fingerprint density at radius 1 is 1.40 bits per heavy atom. The molecule has 0 radical (unpaired) electrons. The Kier molecular flexibility index (Phi) is 4.14. The van der Waals surface area contributed by atoms with E-state index in [1.165, 1.54) is 12.4 Å². The smallest absolute Gasteiger partial charge is 0.356 e. The molecule has 0 amide bonds. The van der Waals surface area contributed by atoms with Crippen molar-refractivity contribution in [3.05, 3.63) is 47.9 Å². The third kappa shape index (κ3) is 3.23. The first-order valence-corrected chi connectivity index (χ1v) is 5.99. The summed E-state index contributed by atoms with van der Waals surface area (Å²) in [5, 5.41) is 8.91. The van der Waals surface area contributed by atoms with E-state index in [1.807, 2.05) is 36.2 Å². The average molecular weight is 273 g/mol. The van der Waals surface area contributed by atoms with Crippen molar-refractivity contribution in [2.24, 2.45) is 0 Å². The maximum Gasteiger partial charge on any atom is 0.356 e. The Balaban J connectivity index is 2.16. The van der Waals surface area contributed by atoms with Gasteiger partial charge in [-0.05, 0) is 17.7 Å². The van der Waals surface area contributed by atoms with Gasteiger partial charge in [0.25, 0.3) is 0 Å². The number of carboxylic acid groups (broad SMARTS) is 1. The predicted molar refractivity (Wildman–Crippen MR) is 74.1 cm³/mol. The van der Waals surface area contributed by atoms with E-state index in [-0.39, 0.29) is 5.69 Å². The number of aromatic carboxylic acids is 1. The van der Waals surface area contributed by atoms with Crippen LogP contribution in [-0.4, -0.2) is 35.2 Å². The Hall–Kier alpha value is -2.63. The number of rotatable bonds is 5. The number of carboxylic acids is 1. The first-order valence-electron chi connectivity index (χ1n) is 5.99. The van der Waals surface area contributed by atoms with Crippen LogP contribution in [0.5, 0.6) is 5.75 Å². The van der Waals surface area contributed by atoms with Gasteiger partial charge in [-0.1, -0.05) is 12.1 Å². The predicted octanol–water partition coefficient (Wildman–Crippen LogP) is 1.82. The molecule has 20 heavy (non-hydrogen) atoms. The number of methoxy groups -OCH3 is 1. The van der Waals surface area contributed by atoms with E-state index in [0.717, 1.165) is 11.3 Å². The molecule has 1 aromatic carbocycles. The van der Waals surface area contributed by atoms with Crippen LogP contribution in [0.2, 0.25) is 0 Å². The monoisotopic (exact) mass is 273 g/mol. The summed E-state index contributed by atoms with van der Waals surface area (Å²) >= 11 is 0. The molecule has 1 aromatic heterocycles. The molecular weight excluding hydrogens is 258 g/mol. The van der Waals surface area contributed by atoms with E-state index in [1.54, 1.807) is 7.11 Å². The molecule has 6 heteroatoms. The van der Waals surface area contributed by atoms with Crippen LogP contribution in [0, 0.1) is 0 Å². The van der Waals surface area contributed by atoms with Crippen molar-refractivity contribution in [2.45, 2.75) is 6.54 Å². The lowest BCUT2D eigenvalue weighted by molar-refractivity contribution is 0.0690. The number of hydrogen-bond acceptors (Lipinski definition) is 5. The zero-order chi connectivity index (χ0) is 14.5. The number of nitrogens with zero attached hydrogens (tertiary/aromatic N) is 3. The summed E-state index contributed by atoms with van der Waals surface area (Å²) in [6.07, 6.45) is 2.76. The van der Waals surface area contributed by atoms with Gasteiger partial charge in [-0.3, -0.25) is 4.98 Å². The van der Waals surface area contributed by atoms with Crippen molar-refractivity contribution in [3.8, 4) is 5.75 Å². The summed E-state index contributed by atoms with van der Waals surface area (Å²) in [4.78, 5) is 20.6. The quantitative estimate of drug-likeness (QED) is 0.895. The van der Waals surface area contributed by atoms with Crippen molar-refractivity contribution in [1.29, 1.82) is 0 Å². The van der Waals surface area contributed by atoms with Crippen LogP contribution in [0.15, 0.2) is 36.7 Å². The lowest BCUT2D eigenvalue weighted by Crippen LogP contribution is -2.19. The molecule has 0 unspecified atom stereocenters. The maximum atomic E-state index is 10.9. The molecule has 1 N–H and O–H groups in total. The van der Waals surface area contributed by atoms with E-state index in [4.69, 9.17) is 9.84 Å². The number of anilines is 1. The van der Waals surface area contributed by atoms with Crippen LogP contribution in [-0.2, 0) is 6.54 Å². The van der Waals surface area contributed by atoms with Crippen LogP contribution < -0.4 is 9.64 Å². The van der Waals surface area contributed by atoms with E-state index >= 15 is 0 Å². The second-order valence-corrected chi connectivity index (χ2v) is 4.28. The van der Waals surface area contributed by atoms with Crippen LogP contribution in [0.1, 0.15) is 16.1 Å². The van der Waals surface area contributed by atoms with Crippen LogP contribution in [0.25, 0.3) is 0 Å². The molecule has 2 aromatic rings. The molecule has 0 bridgehead atoms. The maximum absolute atomic E-state index is 10.9.